The molecule has 0 bridgehead atoms. The van der Waals surface area contributed by atoms with E-state index in [1.165, 1.54) is 6.08 Å². The third kappa shape index (κ3) is 1.97. The van der Waals surface area contributed by atoms with Crippen LogP contribution in [-0.2, 0) is 9.53 Å². The zero-order chi connectivity index (χ0) is 16.9. The molecule has 4 rings (SSSR count). The highest BCUT2D eigenvalue weighted by Crippen LogP contribution is 2.57. The van der Waals surface area contributed by atoms with Crippen molar-refractivity contribution in [2.24, 2.45) is 11.3 Å². The molecule has 1 aliphatic carbocycles. The minimum atomic E-state index is -0.555. The number of ketones is 1. The lowest BCUT2D eigenvalue weighted by Crippen LogP contribution is -2.28. The normalized spacial score (nSPS) is 30.3. The van der Waals surface area contributed by atoms with E-state index >= 15 is 0 Å². The number of hydrogen-bond acceptors (Lipinski definition) is 5. The van der Waals surface area contributed by atoms with Gasteiger partial charge in [-0.2, -0.15) is 0 Å². The number of hydrogen-bond donors (Lipinski definition) is 1. The molecule has 1 saturated heterocycles. The molecule has 0 saturated carbocycles. The van der Waals surface area contributed by atoms with Crippen LogP contribution in [0.4, 0.5) is 0 Å². The highest BCUT2D eigenvalue weighted by Gasteiger charge is 2.52. The van der Waals surface area contributed by atoms with Gasteiger partial charge in [0.25, 0.3) is 0 Å². The van der Waals surface area contributed by atoms with Gasteiger partial charge >= 0.3 is 0 Å². The van der Waals surface area contributed by atoms with Crippen molar-refractivity contribution >= 4 is 5.78 Å². The second-order valence-corrected chi connectivity index (χ2v) is 6.38. The van der Waals surface area contributed by atoms with Crippen molar-refractivity contribution in [3.8, 4) is 11.5 Å². The molecule has 3 aliphatic rings. The second-order valence-electron chi connectivity index (χ2n) is 6.38. The van der Waals surface area contributed by atoms with Gasteiger partial charge in [-0.3, -0.25) is 4.79 Å². The average Bonchev–Trinajstić information content (AvgIpc) is 3.12. The Bertz CT molecular complexity index is 791. The first-order valence-corrected chi connectivity index (χ1v) is 7.90. The number of carbonyl (C=O) groups is 1. The first-order chi connectivity index (χ1) is 11.5. The summed E-state index contributed by atoms with van der Waals surface area (Å²) in [4.78, 5) is 11.8. The summed E-state index contributed by atoms with van der Waals surface area (Å²) < 4.78 is 16.9. The Labute approximate surface area is 139 Å². The number of allylic oxidation sites excluding steroid dienone is 3. The molecule has 5 nitrogen and oxygen atoms in total. The molecule has 2 heterocycles. The van der Waals surface area contributed by atoms with E-state index in [0.29, 0.717) is 17.9 Å². The van der Waals surface area contributed by atoms with Crippen LogP contribution in [0.1, 0.15) is 25.0 Å². The van der Waals surface area contributed by atoms with E-state index in [4.69, 9.17) is 14.2 Å². The number of rotatable bonds is 3. The van der Waals surface area contributed by atoms with E-state index in [1.54, 1.807) is 12.2 Å². The minimum Gasteiger partial charge on any atom is -0.504 e. The van der Waals surface area contributed by atoms with Crippen molar-refractivity contribution in [3.05, 3.63) is 60.1 Å². The maximum absolute atomic E-state index is 11.8. The fourth-order valence-corrected chi connectivity index (χ4v) is 3.75. The summed E-state index contributed by atoms with van der Waals surface area (Å²) in [5.41, 5.74) is 0.395. The maximum atomic E-state index is 11.8. The molecule has 24 heavy (non-hydrogen) atoms. The summed E-state index contributed by atoms with van der Waals surface area (Å²) in [7, 11) is 0. The second kappa shape index (κ2) is 5.16. The summed E-state index contributed by atoms with van der Waals surface area (Å²) in [6, 6.07) is 5.72. The van der Waals surface area contributed by atoms with Crippen LogP contribution in [0.25, 0.3) is 0 Å². The zero-order valence-electron chi connectivity index (χ0n) is 13.3. The molecule has 3 atom stereocenters. The topological polar surface area (TPSA) is 65.0 Å². The zero-order valence-corrected chi connectivity index (χ0v) is 13.3. The first kappa shape index (κ1) is 14.9. The number of ether oxygens (including phenoxy) is 3. The van der Waals surface area contributed by atoms with E-state index in [1.807, 2.05) is 18.2 Å². The van der Waals surface area contributed by atoms with Gasteiger partial charge in [-0.05, 0) is 30.2 Å². The van der Waals surface area contributed by atoms with E-state index < -0.39 is 11.2 Å². The number of benzene rings is 1. The van der Waals surface area contributed by atoms with Crippen molar-refractivity contribution in [2.45, 2.75) is 19.4 Å². The Hall–Kier alpha value is -2.69. The Morgan fingerprint density at radius 2 is 2.17 bits per heavy atom. The quantitative estimate of drug-likeness (QED) is 0.860. The third-order valence-corrected chi connectivity index (χ3v) is 5.10. The number of carbonyl (C=O) groups excluding carboxylic acids is 1. The maximum Gasteiger partial charge on any atom is 0.231 e. The lowest BCUT2D eigenvalue weighted by Gasteiger charge is -2.30. The highest BCUT2D eigenvalue weighted by molar-refractivity contribution is 6.03. The fraction of sp³-hybridized carbons (Fsp3) is 0.316. The molecule has 0 amide bonds. The van der Waals surface area contributed by atoms with Crippen LogP contribution in [0.5, 0.6) is 11.5 Å². The molecule has 5 heteroatoms. The molecule has 0 spiro atoms. The summed E-state index contributed by atoms with van der Waals surface area (Å²) >= 11 is 0. The fourth-order valence-electron chi connectivity index (χ4n) is 3.75. The summed E-state index contributed by atoms with van der Waals surface area (Å²) in [5.74, 6) is 1.34. The van der Waals surface area contributed by atoms with E-state index in [9.17, 15) is 9.90 Å². The monoisotopic (exact) mass is 326 g/mol. The molecule has 1 aromatic rings. The Kier molecular flexibility index (Phi) is 3.20. The van der Waals surface area contributed by atoms with Gasteiger partial charge in [0, 0.05) is 12.0 Å². The average molecular weight is 326 g/mol. The number of fused-ring (bicyclic) bond motifs is 2. The van der Waals surface area contributed by atoms with Gasteiger partial charge in [0.15, 0.2) is 17.3 Å². The SMILES string of the molecule is C=CC[C@@]12C=C(O)C(=O)C=C1O[C@H](c1ccc3c(c1)OCO3)[C@H]2C. The molecule has 1 N–H and O–H groups in total. The number of aliphatic hydroxyl groups is 1. The molecule has 0 aromatic heterocycles. The van der Waals surface area contributed by atoms with Crippen LogP contribution < -0.4 is 9.47 Å². The Morgan fingerprint density at radius 1 is 1.38 bits per heavy atom. The van der Waals surface area contributed by atoms with Crippen LogP contribution in [0.2, 0.25) is 0 Å². The predicted octanol–water partition coefficient (Wildman–Crippen LogP) is 3.59. The Balaban J connectivity index is 1.76. The van der Waals surface area contributed by atoms with Gasteiger partial charge in [0.2, 0.25) is 12.6 Å². The van der Waals surface area contributed by atoms with E-state index in [-0.39, 0.29) is 24.6 Å². The van der Waals surface area contributed by atoms with Crippen LogP contribution in [0.15, 0.2) is 54.5 Å². The summed E-state index contributed by atoms with van der Waals surface area (Å²) in [5, 5.41) is 9.96. The molecule has 0 radical (unpaired) electrons. The smallest absolute Gasteiger partial charge is 0.231 e. The first-order valence-electron chi connectivity index (χ1n) is 7.90. The van der Waals surface area contributed by atoms with Crippen molar-refractivity contribution in [2.75, 3.05) is 6.79 Å². The lowest BCUT2D eigenvalue weighted by atomic mass is 9.69. The molecular weight excluding hydrogens is 308 g/mol. The van der Waals surface area contributed by atoms with Gasteiger partial charge < -0.3 is 19.3 Å². The standard InChI is InChI=1S/C19H18O5/c1-3-6-19-9-14(21)13(20)8-17(19)24-18(11(19)2)12-4-5-15-16(7-12)23-10-22-15/h3-5,7-9,11,18,21H,1,6,10H2,2H3/t11-,18+,19+/m1/s1. The molecule has 1 fully saturated rings. The van der Waals surface area contributed by atoms with Crippen LogP contribution >= 0.6 is 0 Å². The highest BCUT2D eigenvalue weighted by atomic mass is 16.7. The van der Waals surface area contributed by atoms with Crippen molar-refractivity contribution in [1.29, 1.82) is 0 Å². The van der Waals surface area contributed by atoms with Crippen LogP contribution in [0.3, 0.4) is 0 Å². The Morgan fingerprint density at radius 3 is 2.96 bits per heavy atom. The van der Waals surface area contributed by atoms with Crippen molar-refractivity contribution in [1.82, 2.24) is 0 Å². The number of aliphatic hydroxyl groups excluding tert-OH is 1. The molecule has 0 unspecified atom stereocenters. The molecule has 2 aliphatic heterocycles. The third-order valence-electron chi connectivity index (χ3n) is 5.10. The van der Waals surface area contributed by atoms with Gasteiger partial charge in [0.05, 0.1) is 5.41 Å². The van der Waals surface area contributed by atoms with Gasteiger partial charge in [0.1, 0.15) is 11.9 Å². The molecule has 1 aromatic carbocycles. The molecular formula is C19H18O5. The van der Waals surface area contributed by atoms with Gasteiger partial charge in [-0.15, -0.1) is 6.58 Å². The van der Waals surface area contributed by atoms with E-state index in [2.05, 4.69) is 13.5 Å². The largest absolute Gasteiger partial charge is 0.504 e. The minimum absolute atomic E-state index is 0.0115. The van der Waals surface area contributed by atoms with E-state index in [0.717, 1.165) is 11.3 Å². The molecule has 124 valence electrons. The van der Waals surface area contributed by atoms with Crippen LogP contribution in [0, 0.1) is 11.3 Å². The van der Waals surface area contributed by atoms with Gasteiger partial charge in [-0.1, -0.05) is 19.1 Å². The lowest BCUT2D eigenvalue weighted by molar-refractivity contribution is -0.114. The van der Waals surface area contributed by atoms with Crippen molar-refractivity contribution < 1.29 is 24.1 Å². The summed E-state index contributed by atoms with van der Waals surface area (Å²) in [6.07, 6.45) is 5.13. The van der Waals surface area contributed by atoms with Crippen LogP contribution in [-0.4, -0.2) is 17.7 Å². The summed E-state index contributed by atoms with van der Waals surface area (Å²) in [6.45, 7) is 6.09. The van der Waals surface area contributed by atoms with Crippen molar-refractivity contribution in [3.63, 3.8) is 0 Å². The predicted molar refractivity (Wildman–Crippen MR) is 86.6 cm³/mol. The van der Waals surface area contributed by atoms with Gasteiger partial charge in [-0.25, -0.2) is 0 Å².